The number of amides is 1. The first-order valence-corrected chi connectivity index (χ1v) is 5.16. The van der Waals surface area contributed by atoms with E-state index in [0.29, 0.717) is 6.54 Å². The first kappa shape index (κ1) is 11.5. The van der Waals surface area contributed by atoms with Gasteiger partial charge in [0.1, 0.15) is 0 Å². The van der Waals surface area contributed by atoms with E-state index in [1.54, 1.807) is 19.0 Å². The van der Waals surface area contributed by atoms with E-state index in [4.69, 9.17) is 0 Å². The summed E-state index contributed by atoms with van der Waals surface area (Å²) >= 11 is 0. The van der Waals surface area contributed by atoms with Crippen LogP contribution in [0.15, 0.2) is 0 Å². The molecule has 4 nitrogen and oxygen atoms in total. The zero-order chi connectivity index (χ0) is 10.6. The predicted octanol–water partition coefficient (Wildman–Crippen LogP) is -0.0307. The first-order chi connectivity index (χ1) is 6.59. The Balaban J connectivity index is 2.38. The van der Waals surface area contributed by atoms with E-state index in [1.807, 2.05) is 0 Å². The van der Waals surface area contributed by atoms with Crippen LogP contribution in [0.1, 0.15) is 25.7 Å². The summed E-state index contributed by atoms with van der Waals surface area (Å²) in [6, 6.07) is 0. The van der Waals surface area contributed by atoms with Crippen LogP contribution in [0.2, 0.25) is 0 Å². The maximum Gasteiger partial charge on any atom is 0.236 e. The molecule has 0 atom stereocenters. The molecule has 4 heteroatoms. The molecule has 1 amide bonds. The number of aliphatic hydroxyl groups excluding tert-OH is 1. The maximum atomic E-state index is 11.3. The molecule has 82 valence electrons. The van der Waals surface area contributed by atoms with E-state index in [9.17, 15) is 9.90 Å². The quantitative estimate of drug-likeness (QED) is 0.670. The lowest BCUT2D eigenvalue weighted by atomic mass is 9.99. The molecular formula is C10H20N2O2. The van der Waals surface area contributed by atoms with Crippen molar-refractivity contribution >= 4 is 5.91 Å². The number of nitrogens with zero attached hydrogens (tertiary/aromatic N) is 1. The van der Waals surface area contributed by atoms with Gasteiger partial charge in [0.25, 0.3) is 0 Å². The highest BCUT2D eigenvalue weighted by atomic mass is 16.3. The zero-order valence-electron chi connectivity index (χ0n) is 9.05. The van der Waals surface area contributed by atoms with E-state index in [1.165, 1.54) is 0 Å². The molecule has 0 saturated heterocycles. The Morgan fingerprint density at radius 2 is 2.00 bits per heavy atom. The molecule has 0 heterocycles. The third-order valence-electron chi connectivity index (χ3n) is 2.98. The molecule has 0 spiro atoms. The minimum atomic E-state index is -0.189. The van der Waals surface area contributed by atoms with Gasteiger partial charge in [-0.1, -0.05) is 12.8 Å². The standard InChI is InChI=1S/C10H20N2O2/c1-12(2)9(14)7-11-10(8-13)5-3-4-6-10/h11,13H,3-8H2,1-2H3. The molecule has 0 bridgehead atoms. The minimum absolute atomic E-state index is 0.0599. The topological polar surface area (TPSA) is 52.6 Å². The number of rotatable bonds is 4. The zero-order valence-corrected chi connectivity index (χ0v) is 9.05. The summed E-state index contributed by atoms with van der Waals surface area (Å²) in [7, 11) is 3.48. The molecule has 1 fully saturated rings. The van der Waals surface area contributed by atoms with E-state index >= 15 is 0 Å². The third kappa shape index (κ3) is 2.69. The average molecular weight is 200 g/mol. The van der Waals surface area contributed by atoms with Crippen LogP contribution in [0, 0.1) is 0 Å². The van der Waals surface area contributed by atoms with Crippen LogP contribution in [0.4, 0.5) is 0 Å². The predicted molar refractivity (Wildman–Crippen MR) is 55.0 cm³/mol. The monoisotopic (exact) mass is 200 g/mol. The second-order valence-corrected chi connectivity index (χ2v) is 4.29. The smallest absolute Gasteiger partial charge is 0.236 e. The number of carbonyl (C=O) groups is 1. The second kappa shape index (κ2) is 4.75. The fraction of sp³-hybridized carbons (Fsp3) is 0.900. The van der Waals surface area contributed by atoms with Crippen molar-refractivity contribution in [3.63, 3.8) is 0 Å². The van der Waals surface area contributed by atoms with Crippen molar-refractivity contribution in [3.05, 3.63) is 0 Å². The molecule has 1 saturated carbocycles. The van der Waals surface area contributed by atoms with Crippen molar-refractivity contribution in [1.29, 1.82) is 0 Å². The normalized spacial score (nSPS) is 19.6. The van der Waals surface area contributed by atoms with Crippen LogP contribution < -0.4 is 5.32 Å². The van der Waals surface area contributed by atoms with Gasteiger partial charge in [-0.15, -0.1) is 0 Å². The molecule has 1 aliphatic rings. The third-order valence-corrected chi connectivity index (χ3v) is 2.98. The van der Waals surface area contributed by atoms with Gasteiger partial charge in [0.2, 0.25) is 5.91 Å². The molecule has 0 aromatic rings. The van der Waals surface area contributed by atoms with Crippen LogP contribution in [0.5, 0.6) is 0 Å². The summed E-state index contributed by atoms with van der Waals surface area (Å²) in [5.74, 6) is 0.0599. The number of nitrogens with one attached hydrogen (secondary N) is 1. The van der Waals surface area contributed by atoms with Gasteiger partial charge >= 0.3 is 0 Å². The van der Waals surface area contributed by atoms with E-state index < -0.39 is 0 Å². The van der Waals surface area contributed by atoms with Crippen molar-refractivity contribution in [1.82, 2.24) is 10.2 Å². The number of likely N-dealkylation sites (N-methyl/N-ethyl adjacent to an activating group) is 1. The van der Waals surface area contributed by atoms with Crippen LogP contribution >= 0.6 is 0 Å². The largest absolute Gasteiger partial charge is 0.394 e. The van der Waals surface area contributed by atoms with Crippen LogP contribution in [0.3, 0.4) is 0 Å². The Morgan fingerprint density at radius 1 is 1.43 bits per heavy atom. The number of aliphatic hydroxyl groups is 1. The van der Waals surface area contributed by atoms with Gasteiger partial charge in [-0.3, -0.25) is 4.79 Å². The summed E-state index contributed by atoms with van der Waals surface area (Å²) < 4.78 is 0. The van der Waals surface area contributed by atoms with Gasteiger partial charge in [-0.05, 0) is 12.8 Å². The fourth-order valence-electron chi connectivity index (χ4n) is 1.86. The second-order valence-electron chi connectivity index (χ2n) is 4.29. The Kier molecular flexibility index (Phi) is 3.89. The van der Waals surface area contributed by atoms with E-state index in [-0.39, 0.29) is 18.1 Å². The number of carbonyl (C=O) groups excluding carboxylic acids is 1. The van der Waals surface area contributed by atoms with E-state index in [2.05, 4.69) is 5.32 Å². The Hall–Kier alpha value is -0.610. The van der Waals surface area contributed by atoms with Crippen molar-refractivity contribution in [2.45, 2.75) is 31.2 Å². The summed E-state index contributed by atoms with van der Waals surface area (Å²) in [6.45, 7) is 0.460. The SMILES string of the molecule is CN(C)C(=O)CNC1(CO)CCCC1. The molecule has 1 rings (SSSR count). The van der Waals surface area contributed by atoms with Crippen molar-refractivity contribution in [3.8, 4) is 0 Å². The molecule has 2 N–H and O–H groups in total. The molecule has 0 aromatic heterocycles. The highest BCUT2D eigenvalue weighted by molar-refractivity contribution is 5.77. The molecule has 0 radical (unpaired) electrons. The summed E-state index contributed by atoms with van der Waals surface area (Å²) in [4.78, 5) is 12.9. The molecular weight excluding hydrogens is 180 g/mol. The molecule has 14 heavy (non-hydrogen) atoms. The van der Waals surface area contributed by atoms with Crippen LogP contribution in [-0.2, 0) is 4.79 Å². The van der Waals surface area contributed by atoms with Crippen molar-refractivity contribution < 1.29 is 9.90 Å². The van der Waals surface area contributed by atoms with Gasteiger partial charge in [0.15, 0.2) is 0 Å². The molecule has 0 aromatic carbocycles. The Labute approximate surface area is 85.3 Å². The molecule has 0 unspecified atom stereocenters. The average Bonchev–Trinajstić information content (AvgIpc) is 2.63. The van der Waals surface area contributed by atoms with Gasteiger partial charge in [-0.2, -0.15) is 0 Å². The highest BCUT2D eigenvalue weighted by Crippen LogP contribution is 2.28. The van der Waals surface area contributed by atoms with Gasteiger partial charge in [0.05, 0.1) is 13.2 Å². The molecule has 1 aliphatic carbocycles. The number of hydrogen-bond donors (Lipinski definition) is 2. The Morgan fingerprint density at radius 3 is 2.43 bits per heavy atom. The van der Waals surface area contributed by atoms with Gasteiger partial charge in [0, 0.05) is 19.6 Å². The lowest BCUT2D eigenvalue weighted by molar-refractivity contribution is -0.128. The Bertz CT molecular complexity index is 198. The lowest BCUT2D eigenvalue weighted by Gasteiger charge is -2.28. The lowest BCUT2D eigenvalue weighted by Crippen LogP contribution is -2.49. The molecule has 0 aliphatic heterocycles. The summed E-state index contributed by atoms with van der Waals surface area (Å²) in [6.07, 6.45) is 4.24. The van der Waals surface area contributed by atoms with E-state index in [0.717, 1.165) is 25.7 Å². The van der Waals surface area contributed by atoms with Crippen molar-refractivity contribution in [2.75, 3.05) is 27.2 Å². The van der Waals surface area contributed by atoms with Crippen LogP contribution in [0.25, 0.3) is 0 Å². The van der Waals surface area contributed by atoms with Gasteiger partial charge in [-0.25, -0.2) is 0 Å². The van der Waals surface area contributed by atoms with Crippen LogP contribution in [-0.4, -0.2) is 48.7 Å². The summed E-state index contributed by atoms with van der Waals surface area (Å²) in [5.41, 5.74) is -0.189. The van der Waals surface area contributed by atoms with Crippen molar-refractivity contribution in [2.24, 2.45) is 0 Å². The first-order valence-electron chi connectivity index (χ1n) is 5.16. The minimum Gasteiger partial charge on any atom is -0.394 e. The van der Waals surface area contributed by atoms with Gasteiger partial charge < -0.3 is 15.3 Å². The highest BCUT2D eigenvalue weighted by Gasteiger charge is 2.32. The summed E-state index contributed by atoms with van der Waals surface area (Å²) in [5, 5.41) is 12.5. The maximum absolute atomic E-state index is 11.3. The fourth-order valence-corrected chi connectivity index (χ4v) is 1.86. The number of hydrogen-bond acceptors (Lipinski definition) is 3.